The first kappa shape index (κ1) is 9.90. The molecule has 4 N–H and O–H groups in total. The van der Waals surface area contributed by atoms with Gasteiger partial charge in [0.1, 0.15) is 12.0 Å². The molecule has 2 aromatic heterocycles. The fourth-order valence-corrected chi connectivity index (χ4v) is 1.16. The zero-order valence-electron chi connectivity index (χ0n) is 7.91. The molecule has 16 heavy (non-hydrogen) atoms. The number of nitrogens with zero attached hydrogens (tertiary/aromatic N) is 3. The lowest BCUT2D eigenvalue weighted by Crippen LogP contribution is -2.16. The molecular weight excluding hydrogens is 214 g/mol. The molecule has 0 aromatic carbocycles. The summed E-state index contributed by atoms with van der Waals surface area (Å²) in [6, 6.07) is 0. The third kappa shape index (κ3) is 1.52. The average Bonchev–Trinajstić information content (AvgIpc) is 2.71. The van der Waals surface area contributed by atoms with Crippen LogP contribution in [0.15, 0.2) is 23.6 Å². The standard InChI is InChI=1S/C8H7N5O3/c9-5-6(10-2-11-7(5)14)13-1-4(8(15)16)12-3-13/h1-3H,9H2,(H,15,16)(H,10,11,14). The van der Waals surface area contributed by atoms with E-state index in [0.717, 1.165) is 0 Å². The van der Waals surface area contributed by atoms with E-state index in [4.69, 9.17) is 10.8 Å². The minimum atomic E-state index is -1.16. The molecule has 2 aromatic rings. The first-order valence-electron chi connectivity index (χ1n) is 4.20. The summed E-state index contributed by atoms with van der Waals surface area (Å²) >= 11 is 0. The van der Waals surface area contributed by atoms with Gasteiger partial charge in [0.15, 0.2) is 11.5 Å². The van der Waals surface area contributed by atoms with Gasteiger partial charge in [0.05, 0.1) is 6.33 Å². The maximum atomic E-state index is 11.2. The van der Waals surface area contributed by atoms with E-state index in [-0.39, 0.29) is 17.2 Å². The van der Waals surface area contributed by atoms with Gasteiger partial charge in [0.25, 0.3) is 5.56 Å². The molecule has 0 fully saturated rings. The lowest BCUT2D eigenvalue weighted by Gasteiger charge is -2.02. The number of hydrogen-bond donors (Lipinski definition) is 3. The summed E-state index contributed by atoms with van der Waals surface area (Å²) in [6.07, 6.45) is 3.62. The number of hydrogen-bond acceptors (Lipinski definition) is 5. The second-order valence-electron chi connectivity index (χ2n) is 2.94. The zero-order valence-corrected chi connectivity index (χ0v) is 7.91. The van der Waals surface area contributed by atoms with E-state index < -0.39 is 11.5 Å². The number of nitrogens with two attached hydrogens (primary N) is 1. The summed E-state index contributed by atoms with van der Waals surface area (Å²) in [4.78, 5) is 31.5. The van der Waals surface area contributed by atoms with Crippen LogP contribution in [0.4, 0.5) is 5.69 Å². The van der Waals surface area contributed by atoms with Gasteiger partial charge < -0.3 is 15.8 Å². The summed E-state index contributed by atoms with van der Waals surface area (Å²) in [5, 5.41) is 8.67. The van der Waals surface area contributed by atoms with E-state index in [1.54, 1.807) is 0 Å². The molecule has 0 radical (unpaired) electrons. The van der Waals surface area contributed by atoms with Crippen LogP contribution in [0, 0.1) is 0 Å². The number of carboxylic acid groups (broad SMARTS) is 1. The fraction of sp³-hybridized carbons (Fsp3) is 0. The molecule has 0 aliphatic carbocycles. The second kappa shape index (κ2) is 3.50. The van der Waals surface area contributed by atoms with Crippen LogP contribution in [0.5, 0.6) is 0 Å². The smallest absolute Gasteiger partial charge is 0.356 e. The van der Waals surface area contributed by atoms with Crippen molar-refractivity contribution >= 4 is 11.7 Å². The third-order valence-electron chi connectivity index (χ3n) is 1.91. The van der Waals surface area contributed by atoms with Gasteiger partial charge in [-0.2, -0.15) is 0 Å². The van der Waals surface area contributed by atoms with Crippen LogP contribution in [0.3, 0.4) is 0 Å². The van der Waals surface area contributed by atoms with Crippen molar-refractivity contribution in [3.63, 3.8) is 0 Å². The molecule has 8 heteroatoms. The largest absolute Gasteiger partial charge is 0.476 e. The average molecular weight is 221 g/mol. The summed E-state index contributed by atoms with van der Waals surface area (Å²) in [7, 11) is 0. The van der Waals surface area contributed by atoms with Gasteiger partial charge >= 0.3 is 5.97 Å². The lowest BCUT2D eigenvalue weighted by atomic mass is 10.4. The molecule has 0 aliphatic heterocycles. The number of H-pyrrole nitrogens is 1. The number of anilines is 1. The first-order valence-corrected chi connectivity index (χ1v) is 4.20. The number of carbonyl (C=O) groups is 1. The molecule has 0 saturated carbocycles. The molecule has 0 amide bonds. The van der Waals surface area contributed by atoms with Crippen LogP contribution < -0.4 is 11.3 Å². The minimum Gasteiger partial charge on any atom is -0.476 e. The maximum absolute atomic E-state index is 11.2. The van der Waals surface area contributed by atoms with Gasteiger partial charge in [-0.1, -0.05) is 0 Å². The number of aromatic amines is 1. The third-order valence-corrected chi connectivity index (χ3v) is 1.91. The van der Waals surface area contributed by atoms with Gasteiger partial charge in [-0.05, 0) is 0 Å². The monoisotopic (exact) mass is 221 g/mol. The zero-order chi connectivity index (χ0) is 11.7. The summed E-state index contributed by atoms with van der Waals surface area (Å²) in [5.41, 5.74) is 4.76. The van der Waals surface area contributed by atoms with Crippen molar-refractivity contribution in [2.45, 2.75) is 0 Å². The predicted molar refractivity (Wildman–Crippen MR) is 53.4 cm³/mol. The Labute approximate surface area is 88.4 Å². The summed E-state index contributed by atoms with van der Waals surface area (Å²) in [5.74, 6) is -1.02. The van der Waals surface area contributed by atoms with E-state index in [9.17, 15) is 9.59 Å². The van der Waals surface area contributed by atoms with Crippen molar-refractivity contribution in [3.05, 3.63) is 34.9 Å². The number of nitrogen functional groups attached to an aromatic ring is 1. The Morgan fingerprint density at radius 2 is 2.25 bits per heavy atom. The van der Waals surface area contributed by atoms with Crippen molar-refractivity contribution in [2.24, 2.45) is 0 Å². The van der Waals surface area contributed by atoms with Crippen LogP contribution in [-0.4, -0.2) is 30.6 Å². The molecule has 2 heterocycles. The second-order valence-corrected chi connectivity index (χ2v) is 2.94. The van der Waals surface area contributed by atoms with Crippen LogP contribution in [0.1, 0.15) is 10.5 Å². The van der Waals surface area contributed by atoms with Crippen LogP contribution in [-0.2, 0) is 0 Å². The van der Waals surface area contributed by atoms with E-state index in [2.05, 4.69) is 15.0 Å². The number of nitrogens with one attached hydrogen (secondary N) is 1. The van der Waals surface area contributed by atoms with E-state index in [1.165, 1.54) is 23.4 Å². The van der Waals surface area contributed by atoms with Crippen molar-refractivity contribution < 1.29 is 9.90 Å². The summed E-state index contributed by atoms with van der Waals surface area (Å²) < 4.78 is 1.27. The Bertz CT molecular complexity index is 600. The number of aromatic carboxylic acids is 1. The molecule has 0 saturated heterocycles. The van der Waals surface area contributed by atoms with Gasteiger partial charge in [-0.3, -0.25) is 9.36 Å². The highest BCUT2D eigenvalue weighted by atomic mass is 16.4. The van der Waals surface area contributed by atoms with Gasteiger partial charge in [0, 0.05) is 6.20 Å². The lowest BCUT2D eigenvalue weighted by molar-refractivity contribution is 0.0691. The maximum Gasteiger partial charge on any atom is 0.356 e. The Balaban J connectivity index is 2.55. The van der Waals surface area contributed by atoms with Crippen molar-refractivity contribution in [1.82, 2.24) is 19.5 Å². The number of rotatable bonds is 2. The van der Waals surface area contributed by atoms with E-state index in [0.29, 0.717) is 0 Å². The van der Waals surface area contributed by atoms with Gasteiger partial charge in [0.2, 0.25) is 0 Å². The van der Waals surface area contributed by atoms with E-state index >= 15 is 0 Å². The molecular formula is C8H7N5O3. The molecule has 0 aliphatic rings. The van der Waals surface area contributed by atoms with Crippen molar-refractivity contribution in [2.75, 3.05) is 5.73 Å². The molecule has 82 valence electrons. The minimum absolute atomic E-state index is 0.100. The first-order chi connectivity index (χ1) is 7.59. The molecule has 2 rings (SSSR count). The van der Waals surface area contributed by atoms with Crippen molar-refractivity contribution in [3.8, 4) is 5.82 Å². The normalized spacial score (nSPS) is 10.2. The van der Waals surface area contributed by atoms with E-state index in [1.807, 2.05) is 0 Å². The molecule has 8 nitrogen and oxygen atoms in total. The highest BCUT2D eigenvalue weighted by Crippen LogP contribution is 2.09. The van der Waals surface area contributed by atoms with Crippen LogP contribution in [0.2, 0.25) is 0 Å². The highest BCUT2D eigenvalue weighted by Gasteiger charge is 2.11. The number of imidazole rings is 1. The Morgan fingerprint density at radius 1 is 1.50 bits per heavy atom. The van der Waals surface area contributed by atoms with Crippen LogP contribution in [0.25, 0.3) is 5.82 Å². The molecule has 0 bridgehead atoms. The Morgan fingerprint density at radius 3 is 2.88 bits per heavy atom. The van der Waals surface area contributed by atoms with Crippen LogP contribution >= 0.6 is 0 Å². The molecule has 0 atom stereocenters. The fourth-order valence-electron chi connectivity index (χ4n) is 1.16. The SMILES string of the molecule is Nc1c(-n2cnc(C(=O)O)c2)nc[nH]c1=O. The molecule has 0 unspecified atom stereocenters. The Kier molecular flexibility index (Phi) is 2.16. The van der Waals surface area contributed by atoms with Gasteiger partial charge in [-0.25, -0.2) is 14.8 Å². The quantitative estimate of drug-likeness (QED) is 0.611. The topological polar surface area (TPSA) is 127 Å². The molecule has 0 spiro atoms. The van der Waals surface area contributed by atoms with Crippen molar-refractivity contribution in [1.29, 1.82) is 0 Å². The number of carboxylic acids is 1. The predicted octanol–water partition coefficient (Wildman–Crippen LogP) is -0.764. The van der Waals surface area contributed by atoms with Gasteiger partial charge in [-0.15, -0.1) is 0 Å². The number of aromatic nitrogens is 4. The Hall–Kier alpha value is -2.64. The highest BCUT2D eigenvalue weighted by molar-refractivity contribution is 5.85. The summed E-state index contributed by atoms with van der Waals surface area (Å²) in [6.45, 7) is 0.